The van der Waals surface area contributed by atoms with Gasteiger partial charge in [-0.1, -0.05) is 55.3 Å². The van der Waals surface area contributed by atoms with E-state index in [1.165, 1.54) is 0 Å². The van der Waals surface area contributed by atoms with Crippen molar-refractivity contribution in [1.82, 2.24) is 14.1 Å². The fourth-order valence-corrected chi connectivity index (χ4v) is 6.11. The molecule has 0 aromatic heterocycles. The van der Waals surface area contributed by atoms with Gasteiger partial charge >= 0.3 is 0 Å². The molecule has 4 rings (SSSR count). The van der Waals surface area contributed by atoms with E-state index in [1.54, 1.807) is 40.7 Å². The minimum atomic E-state index is -3.46. The van der Waals surface area contributed by atoms with E-state index in [1.807, 2.05) is 23.1 Å². The Kier molecular flexibility index (Phi) is 7.63. The second-order valence-electron chi connectivity index (χ2n) is 8.94. The molecule has 2 aliphatic rings. The molecule has 2 aromatic rings. The van der Waals surface area contributed by atoms with E-state index < -0.39 is 10.0 Å². The number of amides is 1. The van der Waals surface area contributed by atoms with Crippen molar-refractivity contribution >= 4 is 22.0 Å². The Morgan fingerprint density at radius 3 is 2.21 bits per heavy atom. The highest BCUT2D eigenvalue weighted by Gasteiger charge is 2.29. The van der Waals surface area contributed by atoms with E-state index in [0.717, 1.165) is 49.9 Å². The second-order valence-corrected chi connectivity index (χ2v) is 10.9. The third kappa shape index (κ3) is 5.72. The van der Waals surface area contributed by atoms with Crippen LogP contribution in [0.25, 0.3) is 6.08 Å². The number of likely N-dealkylation sites (N-methyl/N-ethyl adjacent to an activating group) is 1. The van der Waals surface area contributed by atoms with Crippen LogP contribution in [0.5, 0.6) is 0 Å². The highest BCUT2D eigenvalue weighted by Crippen LogP contribution is 2.25. The summed E-state index contributed by atoms with van der Waals surface area (Å²) >= 11 is 0. The minimum absolute atomic E-state index is 0.0169. The van der Waals surface area contributed by atoms with Gasteiger partial charge in [-0.2, -0.15) is 4.31 Å². The quantitative estimate of drug-likeness (QED) is 0.628. The molecule has 2 aromatic carbocycles. The van der Waals surface area contributed by atoms with E-state index in [4.69, 9.17) is 0 Å². The van der Waals surface area contributed by atoms with Crippen molar-refractivity contribution in [1.29, 1.82) is 0 Å². The molecule has 0 aliphatic carbocycles. The molecule has 1 amide bonds. The van der Waals surface area contributed by atoms with Crippen molar-refractivity contribution in [2.45, 2.75) is 36.6 Å². The molecule has 6 nitrogen and oxygen atoms in total. The molecule has 0 radical (unpaired) electrons. The summed E-state index contributed by atoms with van der Waals surface area (Å²) in [7, 11) is -1.39. The predicted octanol–water partition coefficient (Wildman–Crippen LogP) is 3.78. The summed E-state index contributed by atoms with van der Waals surface area (Å²) in [5.41, 5.74) is 1.94. The zero-order valence-corrected chi connectivity index (χ0v) is 20.1. The van der Waals surface area contributed by atoms with Crippen LogP contribution in [0.1, 0.15) is 42.9 Å². The highest BCUT2D eigenvalue weighted by molar-refractivity contribution is 7.89. The molecule has 2 aliphatic heterocycles. The molecule has 176 valence electrons. The molecule has 0 saturated carbocycles. The van der Waals surface area contributed by atoms with Crippen LogP contribution in [0.2, 0.25) is 0 Å². The normalized spacial score (nSPS) is 21.2. The summed E-state index contributed by atoms with van der Waals surface area (Å²) in [5, 5.41) is 0. The van der Waals surface area contributed by atoms with Gasteiger partial charge in [0.05, 0.1) is 10.9 Å². The molecule has 33 heavy (non-hydrogen) atoms. The van der Waals surface area contributed by atoms with E-state index in [-0.39, 0.29) is 11.9 Å². The Morgan fingerprint density at radius 1 is 0.879 bits per heavy atom. The average molecular weight is 468 g/mol. The van der Waals surface area contributed by atoms with Crippen LogP contribution >= 0.6 is 0 Å². The van der Waals surface area contributed by atoms with Gasteiger partial charge < -0.3 is 9.80 Å². The van der Waals surface area contributed by atoms with Crippen LogP contribution in [0, 0.1) is 0 Å². The number of carbonyl (C=O) groups excluding carboxylic acids is 1. The maximum absolute atomic E-state index is 13.0. The Labute approximate surface area is 197 Å². The molecule has 2 saturated heterocycles. The predicted molar refractivity (Wildman–Crippen MR) is 131 cm³/mol. The number of carbonyl (C=O) groups is 1. The third-order valence-electron chi connectivity index (χ3n) is 6.55. The summed E-state index contributed by atoms with van der Waals surface area (Å²) in [5.74, 6) is -0.0294. The molecular formula is C26H33N3O3S. The summed E-state index contributed by atoms with van der Waals surface area (Å²) in [6, 6.07) is 17.0. The molecule has 2 fully saturated rings. The average Bonchev–Trinajstić information content (AvgIpc) is 3.14. The lowest BCUT2D eigenvalue weighted by molar-refractivity contribution is -0.130. The number of nitrogens with zero attached hydrogens (tertiary/aromatic N) is 3. The number of hydrogen-bond acceptors (Lipinski definition) is 4. The van der Waals surface area contributed by atoms with Gasteiger partial charge in [-0.15, -0.1) is 0 Å². The number of benzene rings is 2. The standard InChI is InChI=1S/C26H33N3O3S/c1-27-19-20-29(25(21-27)23-9-5-4-6-10-23)26(30)16-13-22-11-14-24(15-12-22)33(31,32)28-17-7-2-3-8-18-28/h4-6,9-16,25H,2-3,7-8,17-21H2,1H3/b16-13-/t25-/m0/s1. The molecule has 2 heterocycles. The van der Waals surface area contributed by atoms with Gasteiger partial charge in [-0.3, -0.25) is 4.79 Å². The minimum Gasteiger partial charge on any atom is -0.330 e. The number of piperazine rings is 1. The van der Waals surface area contributed by atoms with Crippen molar-refractivity contribution in [2.75, 3.05) is 39.8 Å². The first-order valence-electron chi connectivity index (χ1n) is 11.8. The zero-order valence-electron chi connectivity index (χ0n) is 19.3. The van der Waals surface area contributed by atoms with Crippen LogP contribution in [0.15, 0.2) is 65.6 Å². The topological polar surface area (TPSA) is 60.9 Å². The largest absolute Gasteiger partial charge is 0.330 e. The SMILES string of the molecule is CN1CCN(C(=O)/C=C\c2ccc(S(=O)(=O)N3CCCCCC3)cc2)[C@H](c2ccccc2)C1. The van der Waals surface area contributed by atoms with Crippen LogP contribution < -0.4 is 0 Å². The first-order chi connectivity index (χ1) is 15.9. The number of hydrogen-bond donors (Lipinski definition) is 0. The monoisotopic (exact) mass is 467 g/mol. The lowest BCUT2D eigenvalue weighted by Crippen LogP contribution is -2.48. The van der Waals surface area contributed by atoms with Gasteiger partial charge in [-0.25, -0.2) is 8.42 Å². The van der Waals surface area contributed by atoms with Crippen molar-refractivity contribution < 1.29 is 13.2 Å². The van der Waals surface area contributed by atoms with E-state index in [9.17, 15) is 13.2 Å². The van der Waals surface area contributed by atoms with Gasteiger partial charge in [0.15, 0.2) is 0 Å². The summed E-state index contributed by atoms with van der Waals surface area (Å²) in [6.45, 7) is 3.49. The fraction of sp³-hybridized carbons (Fsp3) is 0.423. The summed E-state index contributed by atoms with van der Waals surface area (Å²) in [6.07, 6.45) is 7.37. The van der Waals surface area contributed by atoms with Gasteiger partial charge in [0, 0.05) is 38.8 Å². The maximum atomic E-state index is 13.0. The Bertz CT molecular complexity index is 1060. The fourth-order valence-electron chi connectivity index (χ4n) is 4.59. The molecule has 7 heteroatoms. The first kappa shape index (κ1) is 23.7. The maximum Gasteiger partial charge on any atom is 0.247 e. The number of sulfonamides is 1. The smallest absolute Gasteiger partial charge is 0.247 e. The van der Waals surface area contributed by atoms with Crippen molar-refractivity contribution in [3.8, 4) is 0 Å². The van der Waals surface area contributed by atoms with Gasteiger partial charge in [0.25, 0.3) is 0 Å². The summed E-state index contributed by atoms with van der Waals surface area (Å²) < 4.78 is 27.5. The van der Waals surface area contributed by atoms with E-state index in [0.29, 0.717) is 24.5 Å². The van der Waals surface area contributed by atoms with Crippen LogP contribution in [-0.2, 0) is 14.8 Å². The molecule has 0 N–H and O–H groups in total. The second kappa shape index (κ2) is 10.6. The lowest BCUT2D eigenvalue weighted by Gasteiger charge is -2.40. The Balaban J connectivity index is 1.45. The van der Waals surface area contributed by atoms with Crippen LogP contribution in [-0.4, -0.2) is 68.2 Å². The lowest BCUT2D eigenvalue weighted by atomic mass is 10.0. The van der Waals surface area contributed by atoms with Gasteiger partial charge in [0.1, 0.15) is 0 Å². The van der Waals surface area contributed by atoms with Gasteiger partial charge in [0.2, 0.25) is 15.9 Å². The number of rotatable bonds is 5. The van der Waals surface area contributed by atoms with Crippen LogP contribution in [0.4, 0.5) is 0 Å². The molecule has 0 bridgehead atoms. The first-order valence-corrected chi connectivity index (χ1v) is 13.2. The molecule has 0 spiro atoms. The van der Waals surface area contributed by atoms with Gasteiger partial charge in [-0.05, 0) is 49.2 Å². The molecule has 0 unspecified atom stereocenters. The molecular weight excluding hydrogens is 434 g/mol. The third-order valence-corrected chi connectivity index (χ3v) is 8.47. The highest BCUT2D eigenvalue weighted by atomic mass is 32.2. The van der Waals surface area contributed by atoms with E-state index >= 15 is 0 Å². The zero-order chi connectivity index (χ0) is 23.3. The van der Waals surface area contributed by atoms with Crippen molar-refractivity contribution in [2.24, 2.45) is 0 Å². The Hall–Kier alpha value is -2.48. The Morgan fingerprint density at radius 2 is 1.55 bits per heavy atom. The molecule has 1 atom stereocenters. The van der Waals surface area contributed by atoms with Crippen molar-refractivity contribution in [3.05, 3.63) is 71.8 Å². The van der Waals surface area contributed by atoms with E-state index in [2.05, 4.69) is 24.1 Å². The summed E-state index contributed by atoms with van der Waals surface area (Å²) in [4.78, 5) is 17.5. The van der Waals surface area contributed by atoms with Crippen LogP contribution in [0.3, 0.4) is 0 Å². The van der Waals surface area contributed by atoms with Crippen molar-refractivity contribution in [3.63, 3.8) is 0 Å².